The number of nitrogens with one attached hydrogen (secondary N) is 1. The Kier molecular flexibility index (Phi) is 6.31. The molecule has 2 N–H and O–H groups in total. The van der Waals surface area contributed by atoms with E-state index >= 15 is 0 Å². The molecular formula is C24H28ClN3O4. The summed E-state index contributed by atoms with van der Waals surface area (Å²) in [4.78, 5) is 18.8. The Balaban J connectivity index is 1.74. The average Bonchev–Trinajstić information content (AvgIpc) is 2.80. The fraction of sp³-hybridized carbons (Fsp3) is 0.417. The third kappa shape index (κ3) is 4.40. The second-order valence-corrected chi connectivity index (χ2v) is 8.71. The van der Waals surface area contributed by atoms with Crippen molar-refractivity contribution >= 4 is 23.2 Å². The van der Waals surface area contributed by atoms with E-state index in [4.69, 9.17) is 26.1 Å². The molecule has 7 nitrogen and oxygen atoms in total. The van der Waals surface area contributed by atoms with Gasteiger partial charge in [-0.15, -0.1) is 0 Å². The molecule has 2 aliphatic heterocycles. The first-order valence-electron chi connectivity index (χ1n) is 10.7. The second kappa shape index (κ2) is 9.00. The molecule has 1 spiro atoms. The molecule has 2 aromatic carbocycles. The number of carbonyl (C=O) groups is 1. The third-order valence-electron chi connectivity index (χ3n) is 6.30. The number of likely N-dealkylation sites (tertiary alicyclic amines) is 1. The number of aliphatic imine (C=N–C) groups is 1. The monoisotopic (exact) mass is 457 g/mol. The van der Waals surface area contributed by atoms with Gasteiger partial charge in [-0.2, -0.15) is 0 Å². The number of phenols is 1. The highest BCUT2D eigenvalue weighted by Crippen LogP contribution is 2.39. The zero-order valence-electron chi connectivity index (χ0n) is 18.5. The van der Waals surface area contributed by atoms with Gasteiger partial charge < -0.3 is 19.5 Å². The molecule has 0 radical (unpaired) electrons. The summed E-state index contributed by atoms with van der Waals surface area (Å²) in [5.74, 6) is 1.54. The van der Waals surface area contributed by atoms with Gasteiger partial charge in [0.1, 0.15) is 11.4 Å². The molecule has 1 fully saturated rings. The molecule has 2 aromatic rings. The van der Waals surface area contributed by atoms with Crippen LogP contribution < -0.4 is 14.8 Å². The molecule has 0 bridgehead atoms. The highest BCUT2D eigenvalue weighted by atomic mass is 35.5. The van der Waals surface area contributed by atoms with Gasteiger partial charge in [0.05, 0.1) is 14.2 Å². The fourth-order valence-corrected chi connectivity index (χ4v) is 4.71. The summed E-state index contributed by atoms with van der Waals surface area (Å²) in [6.07, 6.45) is 1.93. The van der Waals surface area contributed by atoms with Crippen LogP contribution in [0.25, 0.3) is 0 Å². The van der Waals surface area contributed by atoms with Crippen molar-refractivity contribution in [2.45, 2.75) is 37.9 Å². The van der Waals surface area contributed by atoms with Crippen LogP contribution >= 0.6 is 11.6 Å². The van der Waals surface area contributed by atoms with Crippen molar-refractivity contribution in [3.8, 4) is 17.2 Å². The molecule has 0 unspecified atom stereocenters. The number of piperidine rings is 1. The second-order valence-electron chi connectivity index (χ2n) is 8.27. The molecule has 1 saturated heterocycles. The van der Waals surface area contributed by atoms with Crippen LogP contribution in [-0.4, -0.2) is 54.6 Å². The Morgan fingerprint density at radius 1 is 1.16 bits per heavy atom. The Morgan fingerprint density at radius 2 is 1.88 bits per heavy atom. The number of phenolic OH excluding ortho intramolecular Hbond substituents is 1. The van der Waals surface area contributed by atoms with Crippen LogP contribution in [-0.2, 0) is 4.79 Å². The molecule has 2 heterocycles. The van der Waals surface area contributed by atoms with Crippen LogP contribution in [0.15, 0.2) is 41.4 Å². The van der Waals surface area contributed by atoms with Gasteiger partial charge in [0.25, 0.3) is 0 Å². The van der Waals surface area contributed by atoms with Crippen LogP contribution in [0.1, 0.15) is 43.4 Å². The number of rotatable bonds is 4. The number of hydrogen-bond acceptors (Lipinski definition) is 6. The molecular weight excluding hydrogens is 430 g/mol. The van der Waals surface area contributed by atoms with Crippen molar-refractivity contribution < 1.29 is 19.4 Å². The quantitative estimate of drug-likeness (QED) is 0.726. The summed E-state index contributed by atoms with van der Waals surface area (Å²) in [6, 6.07) is 10.8. The van der Waals surface area contributed by atoms with Crippen LogP contribution in [0.2, 0.25) is 5.02 Å². The Bertz CT molecular complexity index is 1050. The van der Waals surface area contributed by atoms with E-state index in [1.807, 2.05) is 23.1 Å². The predicted octanol–water partition coefficient (Wildman–Crippen LogP) is 3.93. The van der Waals surface area contributed by atoms with E-state index in [0.717, 1.165) is 11.3 Å². The van der Waals surface area contributed by atoms with E-state index in [1.165, 1.54) is 0 Å². The van der Waals surface area contributed by atoms with Crippen molar-refractivity contribution in [2.75, 3.05) is 27.3 Å². The van der Waals surface area contributed by atoms with Crippen LogP contribution in [0, 0.1) is 0 Å². The predicted molar refractivity (Wildman–Crippen MR) is 124 cm³/mol. The lowest BCUT2D eigenvalue weighted by atomic mass is 9.87. The number of halogens is 1. The number of benzene rings is 2. The van der Waals surface area contributed by atoms with E-state index in [2.05, 4.69) is 5.32 Å². The van der Waals surface area contributed by atoms with Crippen molar-refractivity contribution in [1.82, 2.24) is 10.2 Å². The van der Waals surface area contributed by atoms with Gasteiger partial charge in [-0.1, -0.05) is 17.7 Å². The average molecular weight is 458 g/mol. The highest BCUT2D eigenvalue weighted by Gasteiger charge is 2.41. The van der Waals surface area contributed by atoms with E-state index in [9.17, 15) is 9.90 Å². The van der Waals surface area contributed by atoms with Gasteiger partial charge in [0, 0.05) is 61.6 Å². The number of aromatic hydroxyl groups is 1. The van der Waals surface area contributed by atoms with Gasteiger partial charge in [-0.05, 0) is 35.9 Å². The SMILES string of the molecule is COc1ccc([C@@H]2CC(c3cc(Cl)ccc3O)=NC3(CCN(C(C)=O)CC3)N2)cc1OC. The smallest absolute Gasteiger partial charge is 0.219 e. The van der Waals surface area contributed by atoms with E-state index < -0.39 is 5.66 Å². The van der Waals surface area contributed by atoms with Crippen LogP contribution in [0.3, 0.4) is 0 Å². The summed E-state index contributed by atoms with van der Waals surface area (Å²) in [7, 11) is 3.23. The summed E-state index contributed by atoms with van der Waals surface area (Å²) < 4.78 is 10.9. The number of ether oxygens (including phenoxy) is 2. The van der Waals surface area contributed by atoms with E-state index in [-0.39, 0.29) is 17.7 Å². The topological polar surface area (TPSA) is 83.4 Å². The van der Waals surface area contributed by atoms with Gasteiger partial charge in [-0.25, -0.2) is 0 Å². The maximum Gasteiger partial charge on any atom is 0.219 e. The molecule has 2 aliphatic rings. The minimum Gasteiger partial charge on any atom is -0.507 e. The largest absolute Gasteiger partial charge is 0.507 e. The maximum absolute atomic E-state index is 11.9. The van der Waals surface area contributed by atoms with E-state index in [0.29, 0.717) is 54.4 Å². The van der Waals surface area contributed by atoms with Gasteiger partial charge in [0.2, 0.25) is 5.91 Å². The molecule has 0 saturated carbocycles. The maximum atomic E-state index is 11.9. The Morgan fingerprint density at radius 3 is 2.53 bits per heavy atom. The summed E-state index contributed by atoms with van der Waals surface area (Å²) in [6.45, 7) is 2.84. The van der Waals surface area contributed by atoms with Crippen molar-refractivity contribution in [2.24, 2.45) is 4.99 Å². The van der Waals surface area contributed by atoms with Crippen molar-refractivity contribution in [3.05, 3.63) is 52.5 Å². The zero-order valence-corrected chi connectivity index (χ0v) is 19.3. The van der Waals surface area contributed by atoms with Gasteiger partial charge in [0.15, 0.2) is 11.5 Å². The van der Waals surface area contributed by atoms with Gasteiger partial charge >= 0.3 is 0 Å². The fourth-order valence-electron chi connectivity index (χ4n) is 4.53. The lowest BCUT2D eigenvalue weighted by Crippen LogP contribution is -2.56. The third-order valence-corrected chi connectivity index (χ3v) is 6.54. The number of nitrogens with zero attached hydrogens (tertiary/aromatic N) is 2. The Labute approximate surface area is 193 Å². The molecule has 1 atom stereocenters. The number of hydrogen-bond donors (Lipinski definition) is 2. The summed E-state index contributed by atoms with van der Waals surface area (Å²) >= 11 is 6.24. The van der Waals surface area contributed by atoms with Crippen molar-refractivity contribution in [3.63, 3.8) is 0 Å². The number of carbonyl (C=O) groups excluding carboxylic acids is 1. The normalized spacial score (nSPS) is 20.1. The Hall–Kier alpha value is -2.77. The minimum absolute atomic E-state index is 0.0652. The first kappa shape index (κ1) is 22.4. The lowest BCUT2D eigenvalue weighted by Gasteiger charge is -2.45. The molecule has 170 valence electrons. The molecule has 1 amide bonds. The first-order valence-corrected chi connectivity index (χ1v) is 11.0. The minimum atomic E-state index is -0.536. The standard InChI is InChI=1S/C24H28ClN3O4/c1-15(29)28-10-8-24(9-11-28)26-19(16-4-7-22(31-2)23(12-16)32-3)14-20(27-24)18-13-17(25)5-6-21(18)30/h4-7,12-13,19,26,30H,8-11,14H2,1-3H3/t19-/m0/s1. The van der Waals surface area contributed by atoms with Gasteiger partial charge in [-0.3, -0.25) is 15.1 Å². The van der Waals surface area contributed by atoms with Crippen LogP contribution in [0.5, 0.6) is 17.2 Å². The molecule has 0 aromatic heterocycles. The van der Waals surface area contributed by atoms with Crippen LogP contribution in [0.4, 0.5) is 0 Å². The molecule has 0 aliphatic carbocycles. The molecule has 32 heavy (non-hydrogen) atoms. The van der Waals surface area contributed by atoms with Crippen molar-refractivity contribution in [1.29, 1.82) is 0 Å². The summed E-state index contributed by atoms with van der Waals surface area (Å²) in [5, 5.41) is 14.8. The number of methoxy groups -OCH3 is 2. The molecule has 4 rings (SSSR count). The zero-order chi connectivity index (χ0) is 22.9. The number of amides is 1. The lowest BCUT2D eigenvalue weighted by molar-refractivity contribution is -0.130. The summed E-state index contributed by atoms with van der Waals surface area (Å²) in [5.41, 5.74) is 1.93. The van der Waals surface area contributed by atoms with E-state index in [1.54, 1.807) is 39.3 Å². The highest BCUT2D eigenvalue weighted by molar-refractivity contribution is 6.31. The first-order chi connectivity index (χ1) is 15.3. The molecule has 8 heteroatoms.